The lowest BCUT2D eigenvalue weighted by molar-refractivity contribution is -0.468. The second kappa shape index (κ2) is 3.32. The summed E-state index contributed by atoms with van der Waals surface area (Å²) in [4.78, 5) is 12.7. The smallest absolute Gasteiger partial charge is 0.134 e. The molecule has 0 aliphatic heterocycles. The minimum Gasteiger partial charge on any atom is -0.378 e. The van der Waals surface area contributed by atoms with Crippen LogP contribution in [0.4, 0.5) is 0 Å². The Morgan fingerprint density at radius 3 is 2.71 bits per heavy atom. The van der Waals surface area contributed by atoms with Crippen molar-refractivity contribution < 1.29 is 15.0 Å². The van der Waals surface area contributed by atoms with E-state index in [1.54, 1.807) is 0 Å². The summed E-state index contributed by atoms with van der Waals surface area (Å²) >= 11 is 0. The summed E-state index contributed by atoms with van der Waals surface area (Å²) in [6.45, 7) is -0.763. The molecule has 6 nitrogen and oxygen atoms in total. The van der Waals surface area contributed by atoms with Crippen molar-refractivity contribution in [1.29, 1.82) is 0 Å². The fourth-order valence-corrected chi connectivity index (χ4v) is 0.0730. The Hall–Kier alpha value is -0.880. The maximum absolute atomic E-state index is 9.16. The molecule has 0 aromatic heterocycles. The van der Waals surface area contributed by atoms with E-state index in [-0.39, 0.29) is 0 Å². The van der Waals surface area contributed by atoms with Crippen LogP contribution in [-0.2, 0) is 4.84 Å². The van der Waals surface area contributed by atoms with E-state index in [9.17, 15) is 0 Å². The Bertz CT molecular complexity index is 62.7. The number of hydrogen-bond donors (Lipinski definition) is 1. The zero-order valence-electron chi connectivity index (χ0n) is 3.27. The van der Waals surface area contributed by atoms with E-state index < -0.39 is 11.8 Å². The second-order valence-electron chi connectivity index (χ2n) is 0.578. The monoisotopic (exact) mass is 107 g/mol. The summed E-state index contributed by atoms with van der Waals surface area (Å²) in [5.74, 6) is 0. The maximum Gasteiger partial charge on any atom is 0.134 e. The van der Waals surface area contributed by atoms with Gasteiger partial charge < -0.3 is 9.94 Å². The van der Waals surface area contributed by atoms with Crippen LogP contribution < -0.4 is 0 Å². The molecule has 0 saturated heterocycles. The summed E-state index contributed by atoms with van der Waals surface area (Å²) < 4.78 is 0. The van der Waals surface area contributed by atoms with E-state index in [2.05, 4.69) is 10.4 Å². The summed E-state index contributed by atoms with van der Waals surface area (Å²) in [6, 6.07) is 0. The summed E-state index contributed by atoms with van der Waals surface area (Å²) in [6.07, 6.45) is 0. The van der Waals surface area contributed by atoms with Crippen LogP contribution in [0.25, 0.3) is 5.59 Å². The van der Waals surface area contributed by atoms with Crippen LogP contribution >= 0.6 is 0 Å². The zero-order valence-corrected chi connectivity index (χ0v) is 3.27. The Labute approximate surface area is 38.8 Å². The van der Waals surface area contributed by atoms with Crippen molar-refractivity contribution in [3.8, 4) is 0 Å². The molecule has 0 bridgehead atoms. The molecule has 0 spiro atoms. The number of nitro groups is 1. The molecule has 0 aliphatic rings. The highest BCUT2D eigenvalue weighted by molar-refractivity contribution is 4.24. The predicted molar refractivity (Wildman–Crippen MR) is 18.5 cm³/mol. The summed E-state index contributed by atoms with van der Waals surface area (Å²) in [7, 11) is 0. The molecule has 0 aliphatic carbocycles. The van der Waals surface area contributed by atoms with Crippen molar-refractivity contribution in [3.05, 3.63) is 15.7 Å². The number of aliphatic hydroxyl groups excluding tert-OH is 1. The Kier molecular flexibility index (Phi) is 2.90. The minimum atomic E-state index is -1.05. The van der Waals surface area contributed by atoms with Gasteiger partial charge in [0.05, 0.1) is 0 Å². The fourth-order valence-electron chi connectivity index (χ4n) is 0.0730. The fraction of sp³-hybridized carbons (Fsp3) is 1.00. The van der Waals surface area contributed by atoms with Gasteiger partial charge in [0.25, 0.3) is 0 Å². The lowest BCUT2D eigenvalue weighted by atomic mass is 11.5. The highest BCUT2D eigenvalue weighted by Crippen LogP contribution is 1.83. The van der Waals surface area contributed by atoms with Crippen molar-refractivity contribution in [2.75, 3.05) is 6.79 Å². The average Bonchev–Trinajstić information content (AvgIpc) is 1.61. The van der Waals surface area contributed by atoms with E-state index >= 15 is 0 Å². The highest BCUT2D eigenvalue weighted by atomic mass is 16.8. The first-order chi connectivity index (χ1) is 3.27. The number of rotatable bonds is 3. The van der Waals surface area contributed by atoms with Gasteiger partial charge >= 0.3 is 0 Å². The molecule has 7 heavy (non-hydrogen) atoms. The van der Waals surface area contributed by atoms with Crippen LogP contribution in [0.2, 0.25) is 0 Å². The van der Waals surface area contributed by atoms with Crippen LogP contribution in [0.15, 0.2) is 0 Å². The Morgan fingerprint density at radius 1 is 2.00 bits per heavy atom. The van der Waals surface area contributed by atoms with Crippen molar-refractivity contribution in [1.82, 2.24) is 0 Å². The zero-order chi connectivity index (χ0) is 5.70. The molecule has 0 saturated carbocycles. The van der Waals surface area contributed by atoms with Gasteiger partial charge in [-0.05, 0) is 0 Å². The summed E-state index contributed by atoms with van der Waals surface area (Å²) in [5, 5.41) is 15.8. The van der Waals surface area contributed by atoms with Gasteiger partial charge in [-0.2, -0.15) is 0 Å². The van der Waals surface area contributed by atoms with E-state index in [0.29, 0.717) is 0 Å². The number of nitrogens with zero attached hydrogens (tertiary/aromatic N) is 2. The van der Waals surface area contributed by atoms with Gasteiger partial charge in [-0.15, -0.1) is 0 Å². The first kappa shape index (κ1) is 6.12. The first-order valence-corrected chi connectivity index (χ1v) is 1.35. The van der Waals surface area contributed by atoms with Crippen LogP contribution in [0.5, 0.6) is 0 Å². The summed E-state index contributed by atoms with van der Waals surface area (Å²) in [5.41, 5.74) is 2.22. The molecule has 1 N–H and O–H groups in total. The standard InChI is InChI=1S/CH3N2O4/c4-1-7-2-3(5)6/h4H,1H2/q-1. The third-order valence-corrected chi connectivity index (χ3v) is 0.182. The number of aliphatic hydroxyl groups is 1. The second-order valence-corrected chi connectivity index (χ2v) is 0.578. The van der Waals surface area contributed by atoms with Gasteiger partial charge in [-0.25, -0.2) is 5.59 Å². The normalized spacial score (nSPS) is 8.14. The molecule has 0 rings (SSSR count). The van der Waals surface area contributed by atoms with E-state index in [0.717, 1.165) is 0 Å². The highest BCUT2D eigenvalue weighted by Gasteiger charge is 1.70. The molecule has 0 amide bonds. The molecule has 0 unspecified atom stereocenters. The molecule has 0 radical (unpaired) electrons. The molecule has 0 fully saturated rings. The minimum absolute atomic E-state index is 0.763. The molecule has 6 heteroatoms. The van der Waals surface area contributed by atoms with Crippen LogP contribution in [-0.4, -0.2) is 16.9 Å². The molecular formula is CH3N2O4-. The number of hydrogen-bond acceptors (Lipinski definition) is 4. The third-order valence-electron chi connectivity index (χ3n) is 0.182. The topological polar surface area (TPSA) is 86.7 Å². The van der Waals surface area contributed by atoms with Gasteiger partial charge in [0, 0.05) is 5.03 Å². The molecule has 42 valence electrons. The molecule has 0 aromatic carbocycles. The van der Waals surface area contributed by atoms with Crippen LogP contribution in [0, 0.1) is 10.1 Å². The van der Waals surface area contributed by atoms with Gasteiger partial charge in [0.1, 0.15) is 6.79 Å². The van der Waals surface area contributed by atoms with Crippen LogP contribution in [0.3, 0.4) is 0 Å². The lowest BCUT2D eigenvalue weighted by Crippen LogP contribution is -1.93. The Morgan fingerprint density at radius 2 is 2.57 bits per heavy atom. The van der Waals surface area contributed by atoms with Gasteiger partial charge in [0.2, 0.25) is 0 Å². The van der Waals surface area contributed by atoms with Crippen molar-refractivity contribution in [3.63, 3.8) is 0 Å². The quantitative estimate of drug-likeness (QED) is 0.297. The van der Waals surface area contributed by atoms with E-state index in [4.69, 9.17) is 15.2 Å². The molecule has 0 heterocycles. The lowest BCUT2D eigenvalue weighted by Gasteiger charge is -2.04. The van der Waals surface area contributed by atoms with Crippen molar-refractivity contribution in [2.45, 2.75) is 0 Å². The van der Waals surface area contributed by atoms with E-state index in [1.165, 1.54) is 0 Å². The Balaban J connectivity index is 2.82. The molecule has 0 aromatic rings. The SMILES string of the molecule is O=[N+]([O-])[N-]OCO. The van der Waals surface area contributed by atoms with Gasteiger partial charge in [0.15, 0.2) is 0 Å². The third kappa shape index (κ3) is 5.12. The van der Waals surface area contributed by atoms with E-state index in [1.807, 2.05) is 0 Å². The van der Waals surface area contributed by atoms with Crippen LogP contribution in [0.1, 0.15) is 0 Å². The average molecular weight is 107 g/mol. The van der Waals surface area contributed by atoms with Crippen molar-refractivity contribution in [2.24, 2.45) is 0 Å². The van der Waals surface area contributed by atoms with Crippen molar-refractivity contribution >= 4 is 0 Å². The largest absolute Gasteiger partial charge is 0.378 e. The molecule has 0 atom stereocenters. The van der Waals surface area contributed by atoms with Gasteiger partial charge in [-0.1, -0.05) is 0 Å². The maximum atomic E-state index is 9.16. The first-order valence-electron chi connectivity index (χ1n) is 1.35. The van der Waals surface area contributed by atoms with Gasteiger partial charge in [-0.3, -0.25) is 10.1 Å². The molecular weight excluding hydrogens is 104 g/mol. The predicted octanol–water partition coefficient (Wildman–Crippen LogP) is -0.567.